The number of nitrogens with one attached hydrogen (secondary N) is 2. The Bertz CT molecular complexity index is 643. The lowest BCUT2D eigenvalue weighted by Crippen LogP contribution is -2.51. The van der Waals surface area contributed by atoms with Crippen molar-refractivity contribution in [2.75, 3.05) is 6.54 Å². The summed E-state index contributed by atoms with van der Waals surface area (Å²) in [7, 11) is 0. The maximum Gasteiger partial charge on any atom is 0.326 e. The maximum atomic E-state index is 12.9. The topological polar surface area (TPSA) is 105 Å². The van der Waals surface area contributed by atoms with Crippen molar-refractivity contribution in [3.63, 3.8) is 0 Å². The first-order valence-corrected chi connectivity index (χ1v) is 8.26. The summed E-state index contributed by atoms with van der Waals surface area (Å²) in [6.07, 6.45) is 0.286. The Hall–Kier alpha value is -2.64. The van der Waals surface area contributed by atoms with Crippen LogP contribution in [-0.2, 0) is 14.4 Å². The molecule has 0 heterocycles. The second-order valence-electron chi connectivity index (χ2n) is 6.84. The number of benzene rings is 1. The van der Waals surface area contributed by atoms with E-state index in [9.17, 15) is 18.8 Å². The van der Waals surface area contributed by atoms with Crippen molar-refractivity contribution in [1.82, 2.24) is 10.6 Å². The van der Waals surface area contributed by atoms with Crippen molar-refractivity contribution in [1.29, 1.82) is 0 Å². The number of ether oxygens (including phenoxy) is 1. The molecule has 2 amide bonds. The van der Waals surface area contributed by atoms with Gasteiger partial charge in [0.1, 0.15) is 17.6 Å². The van der Waals surface area contributed by atoms with Gasteiger partial charge in [0.15, 0.2) is 5.60 Å². The molecule has 0 saturated heterocycles. The molecule has 26 heavy (non-hydrogen) atoms. The number of aliphatic carboxylic acids is 1. The number of carbonyl (C=O) groups excluding carboxylic acids is 2. The summed E-state index contributed by atoms with van der Waals surface area (Å²) in [5.41, 5.74) is -1.30. The summed E-state index contributed by atoms with van der Waals surface area (Å²) in [5.74, 6) is -2.33. The van der Waals surface area contributed by atoms with Crippen molar-refractivity contribution in [3.05, 3.63) is 30.1 Å². The van der Waals surface area contributed by atoms with Crippen LogP contribution in [0.25, 0.3) is 0 Å². The number of carbonyl (C=O) groups is 3. The second-order valence-corrected chi connectivity index (χ2v) is 6.84. The van der Waals surface area contributed by atoms with Gasteiger partial charge in [-0.3, -0.25) is 9.59 Å². The van der Waals surface area contributed by atoms with Gasteiger partial charge in [-0.05, 0) is 50.5 Å². The predicted octanol–water partition coefficient (Wildman–Crippen LogP) is 1.71. The molecule has 7 nitrogen and oxygen atoms in total. The van der Waals surface area contributed by atoms with E-state index in [4.69, 9.17) is 9.84 Å². The van der Waals surface area contributed by atoms with Gasteiger partial charge < -0.3 is 20.5 Å². The summed E-state index contributed by atoms with van der Waals surface area (Å²) in [6, 6.07) is 4.18. The van der Waals surface area contributed by atoms with Crippen LogP contribution in [0, 0.1) is 11.7 Å². The maximum absolute atomic E-state index is 12.9. The fraction of sp³-hybridized carbons (Fsp3) is 0.500. The smallest absolute Gasteiger partial charge is 0.326 e. The van der Waals surface area contributed by atoms with E-state index in [1.165, 1.54) is 38.1 Å². The van der Waals surface area contributed by atoms with Crippen LogP contribution in [0.5, 0.6) is 5.75 Å². The number of carboxylic acids is 1. The number of carboxylic acid groups (broad SMARTS) is 1. The molecule has 0 unspecified atom stereocenters. The molecule has 0 fully saturated rings. The number of rotatable bonds is 9. The van der Waals surface area contributed by atoms with Gasteiger partial charge in [0, 0.05) is 0 Å². The molecule has 0 aromatic heterocycles. The highest BCUT2D eigenvalue weighted by Crippen LogP contribution is 2.18. The highest BCUT2D eigenvalue weighted by atomic mass is 19.1. The van der Waals surface area contributed by atoms with Gasteiger partial charge in [-0.25, -0.2) is 9.18 Å². The molecule has 3 N–H and O–H groups in total. The molecule has 1 atom stereocenters. The Morgan fingerprint density at radius 1 is 1.19 bits per heavy atom. The van der Waals surface area contributed by atoms with Gasteiger partial charge >= 0.3 is 5.97 Å². The summed E-state index contributed by atoms with van der Waals surface area (Å²) >= 11 is 0. The van der Waals surface area contributed by atoms with Crippen LogP contribution < -0.4 is 15.4 Å². The molecule has 0 spiro atoms. The Labute approximate surface area is 151 Å². The molecule has 0 saturated carbocycles. The van der Waals surface area contributed by atoms with Gasteiger partial charge in [-0.2, -0.15) is 0 Å². The zero-order valence-electron chi connectivity index (χ0n) is 15.3. The fourth-order valence-corrected chi connectivity index (χ4v) is 2.16. The standard InChI is InChI=1S/C18H25FN2O5/c1-11(2)9-14(16(23)24)21-15(22)10-20-17(25)18(3,4)26-13-7-5-12(19)6-8-13/h5-8,11,14H,9-10H2,1-4H3,(H,20,25)(H,21,22)(H,23,24)/t14-/m0/s1. The third-order valence-electron chi connectivity index (χ3n) is 3.48. The minimum Gasteiger partial charge on any atom is -0.480 e. The van der Waals surface area contributed by atoms with Gasteiger partial charge in [-0.1, -0.05) is 13.8 Å². The Balaban J connectivity index is 2.56. The van der Waals surface area contributed by atoms with E-state index < -0.39 is 35.2 Å². The zero-order valence-corrected chi connectivity index (χ0v) is 15.3. The molecule has 1 aromatic carbocycles. The van der Waals surface area contributed by atoms with E-state index in [2.05, 4.69) is 10.6 Å². The third kappa shape index (κ3) is 7.08. The van der Waals surface area contributed by atoms with Gasteiger partial charge in [0.05, 0.1) is 6.54 Å². The van der Waals surface area contributed by atoms with E-state index in [-0.39, 0.29) is 18.9 Å². The third-order valence-corrected chi connectivity index (χ3v) is 3.48. The SMILES string of the molecule is CC(C)C[C@H](NC(=O)CNC(=O)C(C)(C)Oc1ccc(F)cc1)C(=O)O. The van der Waals surface area contributed by atoms with Gasteiger partial charge in [0.25, 0.3) is 5.91 Å². The van der Waals surface area contributed by atoms with Crippen LogP contribution in [0.1, 0.15) is 34.1 Å². The van der Waals surface area contributed by atoms with Crippen LogP contribution >= 0.6 is 0 Å². The number of hydrogen-bond acceptors (Lipinski definition) is 4. The molecular weight excluding hydrogens is 343 g/mol. The lowest BCUT2D eigenvalue weighted by Gasteiger charge is -2.25. The summed E-state index contributed by atoms with van der Waals surface area (Å²) in [6.45, 7) is 6.32. The minimum atomic E-state index is -1.30. The molecular formula is C18H25FN2O5. The van der Waals surface area contributed by atoms with Crippen molar-refractivity contribution in [2.45, 2.75) is 45.8 Å². The predicted molar refractivity (Wildman–Crippen MR) is 93.1 cm³/mol. The fourth-order valence-electron chi connectivity index (χ4n) is 2.16. The molecule has 8 heteroatoms. The van der Waals surface area contributed by atoms with E-state index in [0.717, 1.165) is 0 Å². The Morgan fingerprint density at radius 2 is 1.77 bits per heavy atom. The van der Waals surface area contributed by atoms with Gasteiger partial charge in [0.2, 0.25) is 5.91 Å². The van der Waals surface area contributed by atoms with E-state index in [1.54, 1.807) is 0 Å². The van der Waals surface area contributed by atoms with Crippen LogP contribution in [0.15, 0.2) is 24.3 Å². The van der Waals surface area contributed by atoms with Crippen LogP contribution in [-0.4, -0.2) is 41.1 Å². The monoisotopic (exact) mass is 368 g/mol. The van der Waals surface area contributed by atoms with E-state index in [0.29, 0.717) is 5.75 Å². The average molecular weight is 368 g/mol. The number of amides is 2. The second kappa shape index (κ2) is 9.17. The van der Waals surface area contributed by atoms with Crippen LogP contribution in [0.4, 0.5) is 4.39 Å². The van der Waals surface area contributed by atoms with Crippen molar-refractivity contribution >= 4 is 17.8 Å². The zero-order chi connectivity index (χ0) is 19.9. The lowest BCUT2D eigenvalue weighted by molar-refractivity contribution is -0.142. The summed E-state index contributed by atoms with van der Waals surface area (Å²) in [5, 5.41) is 13.9. The summed E-state index contributed by atoms with van der Waals surface area (Å²) < 4.78 is 18.4. The quantitative estimate of drug-likeness (QED) is 0.616. The highest BCUT2D eigenvalue weighted by molar-refractivity contribution is 5.90. The summed E-state index contributed by atoms with van der Waals surface area (Å²) in [4.78, 5) is 35.3. The van der Waals surface area contributed by atoms with E-state index >= 15 is 0 Å². The molecule has 0 aliphatic heterocycles. The Morgan fingerprint density at radius 3 is 2.27 bits per heavy atom. The number of halogens is 1. The number of hydrogen-bond donors (Lipinski definition) is 3. The first-order valence-electron chi connectivity index (χ1n) is 8.26. The normalized spacial score (nSPS) is 12.4. The minimum absolute atomic E-state index is 0.0917. The molecule has 144 valence electrons. The highest BCUT2D eigenvalue weighted by Gasteiger charge is 2.30. The van der Waals surface area contributed by atoms with Crippen molar-refractivity contribution in [3.8, 4) is 5.75 Å². The molecule has 0 bridgehead atoms. The Kier molecular flexibility index (Phi) is 7.55. The molecule has 0 radical (unpaired) electrons. The molecule has 1 aromatic rings. The average Bonchev–Trinajstić information content (AvgIpc) is 2.53. The largest absolute Gasteiger partial charge is 0.480 e. The van der Waals surface area contributed by atoms with Crippen LogP contribution in [0.3, 0.4) is 0 Å². The van der Waals surface area contributed by atoms with E-state index in [1.807, 2.05) is 13.8 Å². The molecule has 0 aliphatic carbocycles. The first kappa shape index (κ1) is 21.4. The molecule has 0 aliphatic rings. The van der Waals surface area contributed by atoms with Crippen molar-refractivity contribution in [2.24, 2.45) is 5.92 Å². The lowest BCUT2D eigenvalue weighted by atomic mass is 10.0. The van der Waals surface area contributed by atoms with Crippen molar-refractivity contribution < 1.29 is 28.6 Å². The van der Waals surface area contributed by atoms with Gasteiger partial charge in [-0.15, -0.1) is 0 Å². The first-order chi connectivity index (χ1) is 12.0. The van der Waals surface area contributed by atoms with Crippen LogP contribution in [0.2, 0.25) is 0 Å². The molecule has 1 rings (SSSR count).